The van der Waals surface area contributed by atoms with Gasteiger partial charge in [-0.25, -0.2) is 0 Å². The Hall–Kier alpha value is 0.350. The predicted molar refractivity (Wildman–Crippen MR) is 56.6 cm³/mol. The number of thiol groups is 1. The Morgan fingerprint density at radius 3 is 2.58 bits per heavy atom. The van der Waals surface area contributed by atoms with Crippen LogP contribution in [-0.4, -0.2) is 5.75 Å². The van der Waals surface area contributed by atoms with Crippen molar-refractivity contribution < 1.29 is 0 Å². The molecule has 70 valence electrons. The molecule has 0 heterocycles. The Morgan fingerprint density at radius 1 is 1.33 bits per heavy atom. The molecule has 0 nitrogen and oxygen atoms in total. The molecule has 2 bridgehead atoms. The second kappa shape index (κ2) is 2.94. The molecule has 0 aromatic carbocycles. The van der Waals surface area contributed by atoms with Crippen molar-refractivity contribution in [3.8, 4) is 0 Å². The Morgan fingerprint density at radius 2 is 2.08 bits per heavy atom. The molecule has 3 unspecified atom stereocenters. The summed E-state index contributed by atoms with van der Waals surface area (Å²) in [6.45, 7) is 4.94. The highest BCUT2D eigenvalue weighted by molar-refractivity contribution is 7.80. The molecule has 3 aliphatic rings. The fraction of sp³-hybridized carbons (Fsp3) is 1.00. The van der Waals surface area contributed by atoms with Crippen molar-refractivity contribution in [3.05, 3.63) is 0 Å². The minimum absolute atomic E-state index is 0.672. The van der Waals surface area contributed by atoms with Crippen LogP contribution in [0.1, 0.15) is 39.5 Å². The second-order valence-corrected chi connectivity index (χ2v) is 5.66. The van der Waals surface area contributed by atoms with E-state index in [0.717, 1.165) is 23.5 Å². The van der Waals surface area contributed by atoms with Gasteiger partial charge < -0.3 is 0 Å². The maximum Gasteiger partial charge on any atom is -0.00952 e. The minimum atomic E-state index is 0.672. The topological polar surface area (TPSA) is 0 Å². The Bertz CT molecular complexity index is 170. The van der Waals surface area contributed by atoms with E-state index in [-0.39, 0.29) is 0 Å². The quantitative estimate of drug-likeness (QED) is 0.625. The Kier molecular flexibility index (Phi) is 2.18. The first-order valence-corrected chi connectivity index (χ1v) is 5.90. The smallest absolute Gasteiger partial charge is 0.00952 e. The Labute approximate surface area is 81.5 Å². The van der Waals surface area contributed by atoms with Gasteiger partial charge in [0, 0.05) is 0 Å². The van der Waals surface area contributed by atoms with E-state index in [4.69, 9.17) is 0 Å². The molecule has 0 N–H and O–H groups in total. The van der Waals surface area contributed by atoms with Crippen LogP contribution in [0.25, 0.3) is 0 Å². The lowest BCUT2D eigenvalue weighted by atomic mass is 9.45. The lowest BCUT2D eigenvalue weighted by Gasteiger charge is -2.60. The van der Waals surface area contributed by atoms with E-state index in [9.17, 15) is 0 Å². The van der Waals surface area contributed by atoms with Crippen molar-refractivity contribution in [1.29, 1.82) is 0 Å². The number of hydrogen-bond donors (Lipinski definition) is 1. The van der Waals surface area contributed by atoms with Crippen LogP contribution in [0.2, 0.25) is 0 Å². The lowest BCUT2D eigenvalue weighted by molar-refractivity contribution is -0.105. The summed E-state index contributed by atoms with van der Waals surface area (Å²) in [6, 6.07) is 0. The zero-order valence-corrected chi connectivity index (χ0v) is 9.11. The van der Waals surface area contributed by atoms with Crippen molar-refractivity contribution >= 4 is 12.6 Å². The molecule has 0 amide bonds. The third-order valence-corrected chi connectivity index (χ3v) is 4.76. The van der Waals surface area contributed by atoms with Crippen molar-refractivity contribution in [2.75, 3.05) is 5.75 Å². The summed E-state index contributed by atoms with van der Waals surface area (Å²) >= 11 is 4.35. The SMILES string of the molecule is CC1(C)C2CCC(CCS)C1C2. The molecule has 0 aliphatic heterocycles. The molecule has 0 aromatic heterocycles. The summed E-state index contributed by atoms with van der Waals surface area (Å²) in [5, 5.41) is 0. The maximum atomic E-state index is 4.35. The van der Waals surface area contributed by atoms with Gasteiger partial charge >= 0.3 is 0 Å². The fourth-order valence-electron chi connectivity index (χ4n) is 3.47. The summed E-state index contributed by atoms with van der Waals surface area (Å²) in [5.74, 6) is 4.17. The third-order valence-electron chi connectivity index (χ3n) is 4.50. The highest BCUT2D eigenvalue weighted by Gasteiger charge is 2.53. The van der Waals surface area contributed by atoms with Crippen LogP contribution in [0.3, 0.4) is 0 Å². The summed E-state index contributed by atoms with van der Waals surface area (Å²) in [7, 11) is 0. The van der Waals surface area contributed by atoms with Crippen LogP contribution in [0.5, 0.6) is 0 Å². The van der Waals surface area contributed by atoms with E-state index >= 15 is 0 Å². The highest BCUT2D eigenvalue weighted by atomic mass is 32.1. The van der Waals surface area contributed by atoms with Gasteiger partial charge in [-0.15, -0.1) is 0 Å². The van der Waals surface area contributed by atoms with Crippen LogP contribution in [-0.2, 0) is 0 Å². The van der Waals surface area contributed by atoms with E-state index in [1.165, 1.54) is 25.7 Å². The van der Waals surface area contributed by atoms with E-state index in [0.29, 0.717) is 5.41 Å². The van der Waals surface area contributed by atoms with Crippen molar-refractivity contribution in [2.45, 2.75) is 39.5 Å². The van der Waals surface area contributed by atoms with Gasteiger partial charge in [0.2, 0.25) is 0 Å². The fourth-order valence-corrected chi connectivity index (χ4v) is 3.81. The average molecular weight is 184 g/mol. The minimum Gasteiger partial charge on any atom is -0.179 e. The molecular formula is C11H20S. The van der Waals surface area contributed by atoms with Crippen molar-refractivity contribution in [3.63, 3.8) is 0 Å². The van der Waals surface area contributed by atoms with Gasteiger partial charge in [0.25, 0.3) is 0 Å². The Balaban J connectivity index is 2.01. The summed E-state index contributed by atoms with van der Waals surface area (Å²) in [6.07, 6.45) is 5.84. The molecule has 0 spiro atoms. The second-order valence-electron chi connectivity index (χ2n) is 5.21. The zero-order chi connectivity index (χ0) is 8.77. The number of fused-ring (bicyclic) bond motifs is 2. The first-order chi connectivity index (χ1) is 5.66. The zero-order valence-electron chi connectivity index (χ0n) is 8.21. The predicted octanol–water partition coefficient (Wildman–Crippen LogP) is 3.38. The molecular weight excluding hydrogens is 164 g/mol. The average Bonchev–Trinajstić information content (AvgIpc) is 2.05. The molecule has 0 radical (unpaired) electrons. The molecule has 3 rings (SSSR count). The maximum absolute atomic E-state index is 4.35. The standard InChI is InChI=1S/C11H20S/c1-11(2)9-4-3-8(5-6-12)10(11)7-9/h8-10,12H,3-7H2,1-2H3. The molecule has 3 aliphatic carbocycles. The normalized spacial score (nSPS) is 43.8. The number of rotatable bonds is 2. The van der Waals surface area contributed by atoms with Gasteiger partial charge in [0.05, 0.1) is 0 Å². The molecule has 3 saturated carbocycles. The highest BCUT2D eigenvalue weighted by Crippen LogP contribution is 2.61. The first-order valence-electron chi connectivity index (χ1n) is 5.27. The summed E-state index contributed by atoms with van der Waals surface area (Å²) in [4.78, 5) is 0. The molecule has 0 aromatic rings. The van der Waals surface area contributed by atoms with Gasteiger partial charge in [-0.05, 0) is 54.6 Å². The van der Waals surface area contributed by atoms with Gasteiger partial charge in [-0.1, -0.05) is 13.8 Å². The summed E-state index contributed by atoms with van der Waals surface area (Å²) < 4.78 is 0. The van der Waals surface area contributed by atoms with Crippen LogP contribution in [0.15, 0.2) is 0 Å². The third kappa shape index (κ3) is 1.13. The van der Waals surface area contributed by atoms with Crippen LogP contribution in [0, 0.1) is 23.2 Å². The van der Waals surface area contributed by atoms with Crippen LogP contribution >= 0.6 is 12.6 Å². The monoisotopic (exact) mass is 184 g/mol. The van der Waals surface area contributed by atoms with Crippen molar-refractivity contribution in [2.24, 2.45) is 23.2 Å². The van der Waals surface area contributed by atoms with Crippen LogP contribution in [0.4, 0.5) is 0 Å². The van der Waals surface area contributed by atoms with E-state index in [2.05, 4.69) is 26.5 Å². The molecule has 3 fully saturated rings. The van der Waals surface area contributed by atoms with Gasteiger partial charge in [0.1, 0.15) is 0 Å². The molecule has 3 atom stereocenters. The largest absolute Gasteiger partial charge is 0.179 e. The van der Waals surface area contributed by atoms with E-state index < -0.39 is 0 Å². The van der Waals surface area contributed by atoms with Gasteiger partial charge in [-0.3, -0.25) is 0 Å². The summed E-state index contributed by atoms with van der Waals surface area (Å²) in [5.41, 5.74) is 0.672. The molecule has 1 heteroatoms. The van der Waals surface area contributed by atoms with Crippen molar-refractivity contribution in [1.82, 2.24) is 0 Å². The molecule has 0 saturated heterocycles. The van der Waals surface area contributed by atoms with Crippen LogP contribution < -0.4 is 0 Å². The van der Waals surface area contributed by atoms with E-state index in [1.807, 2.05) is 0 Å². The lowest BCUT2D eigenvalue weighted by Crippen LogP contribution is -2.52. The first kappa shape index (κ1) is 8.93. The molecule has 12 heavy (non-hydrogen) atoms. The van der Waals surface area contributed by atoms with Gasteiger partial charge in [0.15, 0.2) is 0 Å². The van der Waals surface area contributed by atoms with Gasteiger partial charge in [-0.2, -0.15) is 12.6 Å². The van der Waals surface area contributed by atoms with E-state index in [1.54, 1.807) is 0 Å². The number of hydrogen-bond acceptors (Lipinski definition) is 1.